The molecule has 0 spiro atoms. The Labute approximate surface area is 127 Å². The van der Waals surface area contributed by atoms with E-state index in [4.69, 9.17) is 5.73 Å². The van der Waals surface area contributed by atoms with Crippen molar-refractivity contribution in [2.45, 2.75) is 38.1 Å². The lowest BCUT2D eigenvalue weighted by Gasteiger charge is -2.41. The Kier molecular flexibility index (Phi) is 5.24. The zero-order valence-electron chi connectivity index (χ0n) is 12.2. The van der Waals surface area contributed by atoms with E-state index in [1.807, 2.05) is 32.9 Å². The number of hydrogen-bond donors (Lipinski definition) is 1. The average molecular weight is 319 g/mol. The quantitative estimate of drug-likeness (QED) is 0.909. The smallest absolute Gasteiger partial charge is 0.243 e. The highest BCUT2D eigenvalue weighted by molar-refractivity contribution is 7.89. The molecule has 1 heterocycles. The molecule has 1 saturated heterocycles. The topological polar surface area (TPSA) is 63.4 Å². The van der Waals surface area contributed by atoms with E-state index >= 15 is 0 Å². The summed E-state index contributed by atoms with van der Waals surface area (Å²) in [5.74, 6) is 0. The SMILES string of the molecule is Cc1ccccc1S(=O)(=O)N1CCC(N)C(C)(C)C1.Cl. The number of sulfonamides is 1. The number of rotatable bonds is 2. The zero-order chi connectivity index (χ0) is 14.3. The van der Waals surface area contributed by atoms with Gasteiger partial charge in [-0.15, -0.1) is 12.4 Å². The molecule has 1 aliphatic rings. The summed E-state index contributed by atoms with van der Waals surface area (Å²) in [7, 11) is -3.41. The lowest BCUT2D eigenvalue weighted by molar-refractivity contribution is 0.155. The van der Waals surface area contributed by atoms with Crippen molar-refractivity contribution in [1.82, 2.24) is 4.31 Å². The van der Waals surface area contributed by atoms with Crippen LogP contribution >= 0.6 is 12.4 Å². The number of aryl methyl sites for hydroxylation is 1. The van der Waals surface area contributed by atoms with E-state index in [9.17, 15) is 8.42 Å². The fourth-order valence-corrected chi connectivity index (χ4v) is 4.37. The van der Waals surface area contributed by atoms with Gasteiger partial charge in [-0.3, -0.25) is 0 Å². The van der Waals surface area contributed by atoms with Crippen LogP contribution in [0.2, 0.25) is 0 Å². The van der Waals surface area contributed by atoms with Crippen molar-refractivity contribution < 1.29 is 8.42 Å². The molecule has 2 N–H and O–H groups in total. The first-order chi connectivity index (χ1) is 8.75. The maximum absolute atomic E-state index is 12.7. The summed E-state index contributed by atoms with van der Waals surface area (Å²) in [4.78, 5) is 0.404. The van der Waals surface area contributed by atoms with Gasteiger partial charge in [-0.1, -0.05) is 32.0 Å². The second kappa shape index (κ2) is 6.02. The molecule has 1 aromatic carbocycles. The van der Waals surface area contributed by atoms with E-state index in [2.05, 4.69) is 0 Å². The lowest BCUT2D eigenvalue weighted by Crippen LogP contribution is -2.53. The van der Waals surface area contributed by atoms with Gasteiger partial charge in [0.15, 0.2) is 0 Å². The first-order valence-corrected chi connectivity index (χ1v) is 8.00. The zero-order valence-corrected chi connectivity index (χ0v) is 13.8. The van der Waals surface area contributed by atoms with Crippen molar-refractivity contribution in [2.24, 2.45) is 11.1 Å². The molecule has 0 amide bonds. The van der Waals surface area contributed by atoms with Gasteiger partial charge in [-0.2, -0.15) is 4.31 Å². The van der Waals surface area contributed by atoms with Crippen LogP contribution < -0.4 is 5.73 Å². The van der Waals surface area contributed by atoms with E-state index in [0.717, 1.165) is 5.56 Å². The molecule has 114 valence electrons. The van der Waals surface area contributed by atoms with Gasteiger partial charge in [0, 0.05) is 19.1 Å². The Bertz CT molecular complexity index is 572. The Balaban J connectivity index is 0.00000200. The van der Waals surface area contributed by atoms with Crippen LogP contribution in [0.4, 0.5) is 0 Å². The highest BCUT2D eigenvalue weighted by Gasteiger charge is 2.39. The molecule has 1 atom stereocenters. The summed E-state index contributed by atoms with van der Waals surface area (Å²) in [6.45, 7) is 6.86. The molecule has 1 fully saturated rings. The average Bonchev–Trinajstić information content (AvgIpc) is 2.32. The number of piperidine rings is 1. The fraction of sp³-hybridized carbons (Fsp3) is 0.571. The highest BCUT2D eigenvalue weighted by atomic mass is 35.5. The molecule has 6 heteroatoms. The van der Waals surface area contributed by atoms with Crippen LogP contribution in [0.3, 0.4) is 0 Å². The normalized spacial score (nSPS) is 23.1. The Morgan fingerprint density at radius 1 is 1.30 bits per heavy atom. The number of nitrogens with two attached hydrogens (primary N) is 1. The van der Waals surface area contributed by atoms with Gasteiger partial charge in [0.05, 0.1) is 4.90 Å². The van der Waals surface area contributed by atoms with E-state index < -0.39 is 10.0 Å². The molecule has 0 aromatic heterocycles. The lowest BCUT2D eigenvalue weighted by atomic mass is 9.81. The summed E-state index contributed by atoms with van der Waals surface area (Å²) in [5.41, 5.74) is 6.67. The minimum Gasteiger partial charge on any atom is -0.327 e. The van der Waals surface area contributed by atoms with E-state index in [1.165, 1.54) is 0 Å². The van der Waals surface area contributed by atoms with Gasteiger partial charge in [0.1, 0.15) is 0 Å². The van der Waals surface area contributed by atoms with Crippen LogP contribution in [0.1, 0.15) is 25.8 Å². The predicted molar refractivity (Wildman–Crippen MR) is 83.6 cm³/mol. The minimum atomic E-state index is -3.41. The van der Waals surface area contributed by atoms with Crippen LogP contribution in [-0.4, -0.2) is 31.9 Å². The number of halogens is 1. The summed E-state index contributed by atoms with van der Waals surface area (Å²) >= 11 is 0. The standard InChI is InChI=1S/C14H22N2O2S.ClH/c1-11-6-4-5-7-12(11)19(17,18)16-9-8-13(15)14(2,3)10-16;/h4-7,13H,8-10,15H2,1-3H3;1H. The van der Waals surface area contributed by atoms with Gasteiger partial charge < -0.3 is 5.73 Å². The molecule has 0 aliphatic carbocycles. The molecule has 2 rings (SSSR count). The molecule has 20 heavy (non-hydrogen) atoms. The second-order valence-corrected chi connectivity index (χ2v) is 7.89. The maximum atomic E-state index is 12.7. The van der Waals surface area contributed by atoms with Gasteiger partial charge in [-0.25, -0.2) is 8.42 Å². The van der Waals surface area contributed by atoms with E-state index in [-0.39, 0.29) is 23.9 Å². The molecular formula is C14H23ClN2O2S. The van der Waals surface area contributed by atoms with E-state index in [1.54, 1.807) is 16.4 Å². The van der Waals surface area contributed by atoms with Gasteiger partial charge in [-0.05, 0) is 30.4 Å². The predicted octanol–water partition coefficient (Wildman–Crippen LogP) is 2.16. The number of hydrogen-bond acceptors (Lipinski definition) is 3. The van der Waals surface area contributed by atoms with Gasteiger partial charge in [0.25, 0.3) is 0 Å². The summed E-state index contributed by atoms with van der Waals surface area (Å²) in [6.07, 6.45) is 0.706. The van der Waals surface area contributed by atoms with Crippen LogP contribution in [0.15, 0.2) is 29.2 Å². The number of benzene rings is 1. The van der Waals surface area contributed by atoms with Crippen molar-refractivity contribution in [3.8, 4) is 0 Å². The Morgan fingerprint density at radius 2 is 1.90 bits per heavy atom. The van der Waals surface area contributed by atoms with Crippen LogP contribution in [-0.2, 0) is 10.0 Å². The molecule has 1 aromatic rings. The molecule has 0 saturated carbocycles. The summed E-state index contributed by atoms with van der Waals surface area (Å²) in [5, 5.41) is 0. The van der Waals surface area contributed by atoms with Crippen molar-refractivity contribution in [3.63, 3.8) is 0 Å². The summed E-state index contributed by atoms with van der Waals surface area (Å²) < 4.78 is 26.9. The van der Waals surface area contributed by atoms with E-state index in [0.29, 0.717) is 24.4 Å². The molecule has 4 nitrogen and oxygen atoms in total. The minimum absolute atomic E-state index is 0. The third-order valence-corrected chi connectivity index (χ3v) is 5.99. The maximum Gasteiger partial charge on any atom is 0.243 e. The molecule has 1 unspecified atom stereocenters. The molecule has 0 bridgehead atoms. The Morgan fingerprint density at radius 3 is 2.45 bits per heavy atom. The Hall–Kier alpha value is -0.620. The van der Waals surface area contributed by atoms with Gasteiger partial charge in [0.2, 0.25) is 10.0 Å². The second-order valence-electron chi connectivity index (χ2n) is 5.99. The van der Waals surface area contributed by atoms with Crippen molar-refractivity contribution in [3.05, 3.63) is 29.8 Å². The molecular weight excluding hydrogens is 296 g/mol. The third-order valence-electron chi connectivity index (χ3n) is 3.99. The van der Waals surface area contributed by atoms with Crippen molar-refractivity contribution >= 4 is 22.4 Å². The molecule has 0 radical (unpaired) electrons. The van der Waals surface area contributed by atoms with Crippen LogP contribution in [0, 0.1) is 12.3 Å². The fourth-order valence-electron chi connectivity index (χ4n) is 2.51. The highest BCUT2D eigenvalue weighted by Crippen LogP contribution is 2.31. The third kappa shape index (κ3) is 3.17. The summed E-state index contributed by atoms with van der Waals surface area (Å²) in [6, 6.07) is 7.17. The first-order valence-electron chi connectivity index (χ1n) is 6.56. The van der Waals surface area contributed by atoms with Crippen LogP contribution in [0.5, 0.6) is 0 Å². The molecule has 1 aliphatic heterocycles. The largest absolute Gasteiger partial charge is 0.327 e. The monoisotopic (exact) mass is 318 g/mol. The first kappa shape index (κ1) is 17.4. The number of nitrogens with zero attached hydrogens (tertiary/aromatic N) is 1. The van der Waals surface area contributed by atoms with Crippen molar-refractivity contribution in [2.75, 3.05) is 13.1 Å². The van der Waals surface area contributed by atoms with Gasteiger partial charge >= 0.3 is 0 Å². The van der Waals surface area contributed by atoms with Crippen LogP contribution in [0.25, 0.3) is 0 Å². The van der Waals surface area contributed by atoms with Crippen molar-refractivity contribution in [1.29, 1.82) is 0 Å².